The number of ether oxygens (including phenoxy) is 1. The van der Waals surface area contributed by atoms with Gasteiger partial charge in [-0.15, -0.1) is 0 Å². The number of nitrogens with zero attached hydrogens (tertiary/aromatic N) is 1. The largest absolute Gasteiger partial charge is 0.472 e. The molecule has 0 aliphatic rings. The Bertz CT molecular complexity index is 1500. The maximum atomic E-state index is 13.6. The summed E-state index contributed by atoms with van der Waals surface area (Å²) in [5.74, 6) is -0.508. The number of likely N-dealkylation sites (N-methyl/N-ethyl adjacent to an activating group) is 1. The monoisotopic (exact) mass is 1100 g/mol. The number of carbonyl (C=O) groups is 2. The Morgan fingerprint density at radius 1 is 0.455 bits per heavy atom. The molecular formula is C67H126N2O7P+. The predicted octanol–water partition coefficient (Wildman–Crippen LogP) is 20.2. The third-order valence-corrected chi connectivity index (χ3v) is 15.4. The third kappa shape index (κ3) is 58.2. The van der Waals surface area contributed by atoms with Crippen LogP contribution >= 0.6 is 7.82 Å². The smallest absolute Gasteiger partial charge is 0.456 e. The van der Waals surface area contributed by atoms with Gasteiger partial charge in [-0.2, -0.15) is 0 Å². The molecule has 3 atom stereocenters. The predicted molar refractivity (Wildman–Crippen MR) is 332 cm³/mol. The van der Waals surface area contributed by atoms with Crippen LogP contribution in [-0.4, -0.2) is 74.3 Å². The lowest BCUT2D eigenvalue weighted by molar-refractivity contribution is -0.870. The number of quaternary nitrogens is 1. The van der Waals surface area contributed by atoms with Gasteiger partial charge in [0.2, 0.25) is 5.91 Å². The minimum atomic E-state index is -4.45. The van der Waals surface area contributed by atoms with Crippen LogP contribution in [0.2, 0.25) is 0 Å². The molecule has 0 aliphatic heterocycles. The number of hydrogen-bond acceptors (Lipinski definition) is 6. The van der Waals surface area contributed by atoms with Crippen LogP contribution in [0.25, 0.3) is 0 Å². The van der Waals surface area contributed by atoms with E-state index in [4.69, 9.17) is 13.8 Å². The molecule has 0 saturated carbocycles. The highest BCUT2D eigenvalue weighted by atomic mass is 31.2. The van der Waals surface area contributed by atoms with Gasteiger partial charge in [-0.3, -0.25) is 18.6 Å². The summed E-state index contributed by atoms with van der Waals surface area (Å²) in [6, 6.07) is -0.853. The van der Waals surface area contributed by atoms with Gasteiger partial charge in [-0.1, -0.05) is 255 Å². The van der Waals surface area contributed by atoms with Crippen molar-refractivity contribution in [3.8, 4) is 0 Å². The van der Waals surface area contributed by atoms with Gasteiger partial charge in [0.25, 0.3) is 0 Å². The molecule has 0 spiro atoms. The van der Waals surface area contributed by atoms with Crippen LogP contribution in [0.3, 0.4) is 0 Å². The molecule has 0 fully saturated rings. The molecular weight excluding hydrogens is 976 g/mol. The first-order chi connectivity index (χ1) is 37.4. The molecule has 2 N–H and O–H groups in total. The standard InChI is InChI=1S/C67H125N2O7P/c1-7-10-13-16-19-22-25-27-29-31-32-33-34-35-36-38-39-41-44-47-50-53-56-59-66(70)68-64(63-75-77(72,73)74-62-61-69(4,5)6)65(58-55-52-49-46-43-24-21-18-15-12-9-3)76-67(71)60-57-54-51-48-45-42-40-37-30-28-26-23-20-17-14-11-8-2/h19,22,27-30,32-33,55,58,64-65H,7-18,20-21,23-26,31,34-54,56-57,59-63H2,1-6H3,(H-,68,70,72,73)/p+1/b22-19-,29-27-,30-28+,33-32-,58-55-. The maximum absolute atomic E-state index is 13.6. The van der Waals surface area contributed by atoms with Gasteiger partial charge < -0.3 is 19.4 Å². The zero-order valence-corrected chi connectivity index (χ0v) is 52.3. The average Bonchev–Trinajstić information content (AvgIpc) is 3.39. The zero-order valence-electron chi connectivity index (χ0n) is 51.5. The first-order valence-electron chi connectivity index (χ1n) is 32.6. The number of hydrogen-bond donors (Lipinski definition) is 2. The summed E-state index contributed by atoms with van der Waals surface area (Å²) in [5, 5.41) is 3.06. The maximum Gasteiger partial charge on any atom is 0.472 e. The van der Waals surface area contributed by atoms with E-state index >= 15 is 0 Å². The third-order valence-electron chi connectivity index (χ3n) is 14.4. The molecule has 0 bridgehead atoms. The lowest BCUT2D eigenvalue weighted by Gasteiger charge is -2.27. The van der Waals surface area contributed by atoms with Gasteiger partial charge in [-0.05, 0) is 96.0 Å². The molecule has 0 aromatic carbocycles. The fourth-order valence-electron chi connectivity index (χ4n) is 9.35. The first kappa shape index (κ1) is 74.7. The fourth-order valence-corrected chi connectivity index (χ4v) is 10.1. The summed E-state index contributed by atoms with van der Waals surface area (Å²) >= 11 is 0. The lowest BCUT2D eigenvalue weighted by atomic mass is 10.0. The second-order valence-electron chi connectivity index (χ2n) is 23.3. The van der Waals surface area contributed by atoms with Crippen molar-refractivity contribution in [1.29, 1.82) is 0 Å². The van der Waals surface area contributed by atoms with Crippen LogP contribution in [-0.2, 0) is 27.9 Å². The lowest BCUT2D eigenvalue weighted by Crippen LogP contribution is -2.47. The van der Waals surface area contributed by atoms with Crippen molar-refractivity contribution >= 4 is 19.7 Å². The molecule has 0 aliphatic carbocycles. The zero-order chi connectivity index (χ0) is 56.4. The van der Waals surface area contributed by atoms with Gasteiger partial charge in [0, 0.05) is 12.8 Å². The summed E-state index contributed by atoms with van der Waals surface area (Å²) in [5.41, 5.74) is 0. The molecule has 9 nitrogen and oxygen atoms in total. The second kappa shape index (κ2) is 57.0. The van der Waals surface area contributed by atoms with Gasteiger partial charge in [-0.25, -0.2) is 4.57 Å². The summed E-state index contributed by atoms with van der Waals surface area (Å²) in [6.45, 7) is 6.99. The molecule has 0 aromatic heterocycles. The molecule has 3 unspecified atom stereocenters. The van der Waals surface area contributed by atoms with Crippen molar-refractivity contribution in [2.45, 2.75) is 315 Å². The number of allylic oxidation sites excluding steroid dienone is 9. The Morgan fingerprint density at radius 2 is 0.792 bits per heavy atom. The number of carbonyl (C=O) groups excluding carboxylic acids is 2. The number of esters is 1. The number of nitrogens with one attached hydrogen (secondary N) is 1. The molecule has 450 valence electrons. The van der Waals surface area contributed by atoms with Crippen LogP contribution in [0.15, 0.2) is 60.8 Å². The normalized spacial score (nSPS) is 14.0. The van der Waals surface area contributed by atoms with Crippen LogP contribution in [0, 0.1) is 0 Å². The number of rotatable bonds is 59. The number of phosphoric acid groups is 1. The molecule has 77 heavy (non-hydrogen) atoms. The van der Waals surface area contributed by atoms with Crippen molar-refractivity contribution in [1.82, 2.24) is 5.32 Å². The van der Waals surface area contributed by atoms with Gasteiger partial charge in [0.05, 0.1) is 33.8 Å². The molecule has 0 rings (SSSR count). The van der Waals surface area contributed by atoms with Crippen molar-refractivity contribution in [3.63, 3.8) is 0 Å². The SMILES string of the molecule is CCCCC/C=C\C/C=C\C/C=C\CCCCCCCCCCCCC(=O)NC(COP(=O)(O)OCC[N+](C)(C)C)C(/C=C\CCCCCCCCCCC)OC(=O)CCCCCCCCC/C=C/CCCCCCCC. The molecule has 0 saturated heterocycles. The van der Waals surface area contributed by atoms with Gasteiger partial charge in [0.15, 0.2) is 0 Å². The molecule has 0 aromatic rings. The molecule has 10 heteroatoms. The first-order valence-corrected chi connectivity index (χ1v) is 34.1. The topological polar surface area (TPSA) is 111 Å². The number of amides is 1. The van der Waals surface area contributed by atoms with Crippen molar-refractivity contribution in [2.24, 2.45) is 0 Å². The van der Waals surface area contributed by atoms with Crippen molar-refractivity contribution < 1.29 is 37.3 Å². The summed E-state index contributed by atoms with van der Waals surface area (Å²) in [4.78, 5) is 37.7. The van der Waals surface area contributed by atoms with E-state index in [1.165, 1.54) is 199 Å². The van der Waals surface area contributed by atoms with E-state index in [1.807, 2.05) is 33.3 Å². The second-order valence-corrected chi connectivity index (χ2v) is 24.7. The van der Waals surface area contributed by atoms with Gasteiger partial charge >= 0.3 is 13.8 Å². The van der Waals surface area contributed by atoms with E-state index < -0.39 is 20.0 Å². The fraction of sp³-hybridized carbons (Fsp3) is 0.821. The quantitative estimate of drug-likeness (QED) is 0.0205. The van der Waals surface area contributed by atoms with E-state index in [0.717, 1.165) is 70.6 Å². The van der Waals surface area contributed by atoms with E-state index in [0.29, 0.717) is 17.4 Å². The Labute approximate surface area is 477 Å². The highest BCUT2D eigenvalue weighted by Gasteiger charge is 2.30. The summed E-state index contributed by atoms with van der Waals surface area (Å²) < 4.78 is 30.7. The molecule has 0 radical (unpaired) electrons. The van der Waals surface area contributed by atoms with E-state index in [1.54, 1.807) is 0 Å². The van der Waals surface area contributed by atoms with Crippen molar-refractivity contribution in [2.75, 3.05) is 40.9 Å². The number of unbranched alkanes of at least 4 members (excludes halogenated alkanes) is 35. The molecule has 0 heterocycles. The van der Waals surface area contributed by atoms with E-state index in [2.05, 4.69) is 74.7 Å². The minimum absolute atomic E-state index is 0.0381. The Kier molecular flexibility index (Phi) is 55.3. The van der Waals surface area contributed by atoms with E-state index in [-0.39, 0.29) is 31.5 Å². The highest BCUT2D eigenvalue weighted by molar-refractivity contribution is 7.47. The Balaban J connectivity index is 5.14. The Morgan fingerprint density at radius 3 is 1.22 bits per heavy atom. The summed E-state index contributed by atoms with van der Waals surface area (Å²) in [7, 11) is 1.49. The van der Waals surface area contributed by atoms with Crippen molar-refractivity contribution in [3.05, 3.63) is 60.8 Å². The average molecular weight is 1100 g/mol. The number of phosphoric ester groups is 1. The minimum Gasteiger partial charge on any atom is -0.456 e. The highest BCUT2D eigenvalue weighted by Crippen LogP contribution is 2.43. The van der Waals surface area contributed by atoms with E-state index in [9.17, 15) is 19.0 Å². The van der Waals surface area contributed by atoms with Crippen LogP contribution < -0.4 is 5.32 Å². The van der Waals surface area contributed by atoms with Crippen LogP contribution in [0.5, 0.6) is 0 Å². The summed E-state index contributed by atoms with van der Waals surface area (Å²) in [6.07, 6.45) is 72.2. The molecule has 1 amide bonds. The van der Waals surface area contributed by atoms with Gasteiger partial charge in [0.1, 0.15) is 19.3 Å². The van der Waals surface area contributed by atoms with Crippen LogP contribution in [0.1, 0.15) is 303 Å². The van der Waals surface area contributed by atoms with Crippen LogP contribution in [0.4, 0.5) is 0 Å². The Hall–Kier alpha value is -2.29.